The van der Waals surface area contributed by atoms with Crippen LogP contribution in [-0.2, 0) is 10.0 Å². The van der Waals surface area contributed by atoms with Crippen LogP contribution >= 0.6 is 23.2 Å². The summed E-state index contributed by atoms with van der Waals surface area (Å²) in [5.74, 6) is 0. The first kappa shape index (κ1) is 16.6. The Morgan fingerprint density at radius 3 is 1.96 bits per heavy atom. The van der Waals surface area contributed by atoms with Crippen LogP contribution in [0.1, 0.15) is 0 Å². The van der Waals surface area contributed by atoms with E-state index >= 15 is 0 Å². The summed E-state index contributed by atoms with van der Waals surface area (Å²) >= 11 is 11.8. The van der Waals surface area contributed by atoms with Gasteiger partial charge in [-0.15, -0.1) is 0 Å². The summed E-state index contributed by atoms with van der Waals surface area (Å²) in [7, 11) is -3.57. The highest BCUT2D eigenvalue weighted by molar-refractivity contribution is 7.89. The van der Waals surface area contributed by atoms with Gasteiger partial charge in [0.05, 0.1) is 4.90 Å². The lowest BCUT2D eigenvalue weighted by atomic mass is 10.2. The topological polar surface area (TPSA) is 40.6 Å². The van der Waals surface area contributed by atoms with Crippen LogP contribution in [0, 0.1) is 0 Å². The van der Waals surface area contributed by atoms with Crippen molar-refractivity contribution in [1.29, 1.82) is 0 Å². The minimum absolute atomic E-state index is 0.142. The second-order valence-corrected chi connectivity index (χ2v) is 8.14. The van der Waals surface area contributed by atoms with Gasteiger partial charge in [0.2, 0.25) is 10.0 Å². The molecular weight excluding hydrogens is 355 g/mol. The molecule has 0 spiro atoms. The second-order valence-electron chi connectivity index (χ2n) is 5.33. The first-order valence-corrected chi connectivity index (χ1v) is 9.43. The number of rotatable bonds is 3. The van der Waals surface area contributed by atoms with Gasteiger partial charge in [0.1, 0.15) is 0 Å². The van der Waals surface area contributed by atoms with E-state index in [9.17, 15) is 8.42 Å². The third-order valence-corrected chi connectivity index (χ3v) is 6.15. The number of nitrogens with zero attached hydrogens (tertiary/aromatic N) is 2. The quantitative estimate of drug-likeness (QED) is 0.829. The van der Waals surface area contributed by atoms with Crippen LogP contribution in [-0.4, -0.2) is 38.9 Å². The highest BCUT2D eigenvalue weighted by Crippen LogP contribution is 2.26. The van der Waals surface area contributed by atoms with E-state index < -0.39 is 10.0 Å². The lowest BCUT2D eigenvalue weighted by molar-refractivity contribution is 0.385. The Balaban J connectivity index is 1.76. The Kier molecular flexibility index (Phi) is 4.82. The van der Waals surface area contributed by atoms with Crippen molar-refractivity contribution in [1.82, 2.24) is 4.31 Å². The summed E-state index contributed by atoms with van der Waals surface area (Å²) < 4.78 is 26.9. The predicted molar refractivity (Wildman–Crippen MR) is 93.9 cm³/mol. The van der Waals surface area contributed by atoms with Crippen molar-refractivity contribution < 1.29 is 8.42 Å². The van der Waals surface area contributed by atoms with Crippen molar-refractivity contribution >= 4 is 38.9 Å². The molecule has 122 valence electrons. The second kappa shape index (κ2) is 6.69. The molecule has 0 N–H and O–H groups in total. The van der Waals surface area contributed by atoms with Gasteiger partial charge in [-0.25, -0.2) is 8.42 Å². The molecule has 2 aromatic carbocycles. The fourth-order valence-electron chi connectivity index (χ4n) is 2.65. The van der Waals surface area contributed by atoms with Gasteiger partial charge in [-0.2, -0.15) is 4.31 Å². The van der Waals surface area contributed by atoms with Crippen molar-refractivity contribution in [2.45, 2.75) is 4.90 Å². The third-order valence-electron chi connectivity index (χ3n) is 3.83. The SMILES string of the molecule is O=S(=O)(c1cc(Cl)cc(Cl)c1)N1CCN(c2ccccc2)CC1. The molecule has 23 heavy (non-hydrogen) atoms. The first-order valence-electron chi connectivity index (χ1n) is 7.23. The van der Waals surface area contributed by atoms with Gasteiger partial charge in [0, 0.05) is 41.9 Å². The van der Waals surface area contributed by atoms with E-state index in [1.807, 2.05) is 30.3 Å². The molecule has 2 aromatic rings. The number of sulfonamides is 1. The fourth-order valence-corrected chi connectivity index (χ4v) is 4.80. The van der Waals surface area contributed by atoms with E-state index in [4.69, 9.17) is 23.2 Å². The van der Waals surface area contributed by atoms with Crippen LogP contribution < -0.4 is 4.90 Å². The van der Waals surface area contributed by atoms with Gasteiger partial charge < -0.3 is 4.90 Å². The van der Waals surface area contributed by atoms with Crippen molar-refractivity contribution in [2.24, 2.45) is 0 Å². The van der Waals surface area contributed by atoms with Crippen LogP contribution in [0.2, 0.25) is 10.0 Å². The molecule has 1 fully saturated rings. The van der Waals surface area contributed by atoms with E-state index in [0.29, 0.717) is 36.2 Å². The molecule has 0 aliphatic carbocycles. The molecule has 0 aromatic heterocycles. The number of halogens is 2. The van der Waals surface area contributed by atoms with Gasteiger partial charge in [-0.1, -0.05) is 41.4 Å². The molecule has 0 radical (unpaired) electrons. The van der Waals surface area contributed by atoms with Crippen LogP contribution in [0.25, 0.3) is 0 Å². The number of hydrogen-bond acceptors (Lipinski definition) is 3. The number of anilines is 1. The lowest BCUT2D eigenvalue weighted by Crippen LogP contribution is -2.48. The summed E-state index contributed by atoms with van der Waals surface area (Å²) in [6.07, 6.45) is 0. The van der Waals surface area contributed by atoms with Crippen molar-refractivity contribution in [3.63, 3.8) is 0 Å². The molecular formula is C16H16Cl2N2O2S. The zero-order valence-corrected chi connectivity index (χ0v) is 14.7. The molecule has 4 nitrogen and oxygen atoms in total. The molecule has 1 aliphatic heterocycles. The van der Waals surface area contributed by atoms with Crippen molar-refractivity contribution in [3.8, 4) is 0 Å². The normalized spacial score (nSPS) is 16.5. The Morgan fingerprint density at radius 2 is 1.39 bits per heavy atom. The summed E-state index contributed by atoms with van der Waals surface area (Å²) in [6.45, 7) is 2.16. The van der Waals surface area contributed by atoms with E-state index in [-0.39, 0.29) is 4.90 Å². The summed E-state index contributed by atoms with van der Waals surface area (Å²) in [5.41, 5.74) is 1.11. The summed E-state index contributed by atoms with van der Waals surface area (Å²) in [4.78, 5) is 2.32. The van der Waals surface area contributed by atoms with Crippen LogP contribution in [0.3, 0.4) is 0 Å². The van der Waals surface area contributed by atoms with Gasteiger partial charge in [-0.05, 0) is 30.3 Å². The van der Waals surface area contributed by atoms with Gasteiger partial charge in [-0.3, -0.25) is 0 Å². The molecule has 1 saturated heterocycles. The van der Waals surface area contributed by atoms with Gasteiger partial charge >= 0.3 is 0 Å². The molecule has 0 saturated carbocycles. The fraction of sp³-hybridized carbons (Fsp3) is 0.250. The van der Waals surface area contributed by atoms with E-state index in [2.05, 4.69) is 4.90 Å². The Labute approximate surface area is 146 Å². The smallest absolute Gasteiger partial charge is 0.243 e. The Morgan fingerprint density at radius 1 is 0.826 bits per heavy atom. The molecule has 7 heteroatoms. The maximum absolute atomic E-state index is 12.7. The Bertz CT molecular complexity index is 769. The molecule has 0 unspecified atom stereocenters. The van der Waals surface area contributed by atoms with Gasteiger partial charge in [0.25, 0.3) is 0 Å². The summed E-state index contributed by atoms with van der Waals surface area (Å²) in [5, 5.41) is 0.637. The monoisotopic (exact) mass is 370 g/mol. The molecule has 1 aliphatic rings. The molecule has 0 atom stereocenters. The van der Waals surface area contributed by atoms with Gasteiger partial charge in [0.15, 0.2) is 0 Å². The van der Waals surface area contributed by atoms with E-state index in [0.717, 1.165) is 5.69 Å². The van der Waals surface area contributed by atoms with Crippen molar-refractivity contribution in [3.05, 3.63) is 58.6 Å². The highest BCUT2D eigenvalue weighted by atomic mass is 35.5. The summed E-state index contributed by atoms with van der Waals surface area (Å²) in [6, 6.07) is 14.4. The van der Waals surface area contributed by atoms with Crippen LogP contribution in [0.5, 0.6) is 0 Å². The average Bonchev–Trinajstić information content (AvgIpc) is 2.55. The predicted octanol–water partition coefficient (Wildman–Crippen LogP) is 3.50. The minimum Gasteiger partial charge on any atom is -0.369 e. The number of hydrogen-bond donors (Lipinski definition) is 0. The maximum Gasteiger partial charge on any atom is 0.243 e. The van der Waals surface area contributed by atoms with E-state index in [1.165, 1.54) is 22.5 Å². The third kappa shape index (κ3) is 3.63. The number of para-hydroxylation sites is 1. The number of piperazine rings is 1. The maximum atomic E-state index is 12.7. The zero-order valence-electron chi connectivity index (χ0n) is 12.3. The highest BCUT2D eigenvalue weighted by Gasteiger charge is 2.29. The largest absolute Gasteiger partial charge is 0.369 e. The minimum atomic E-state index is -3.57. The molecule has 1 heterocycles. The zero-order chi connectivity index (χ0) is 16.4. The molecule has 0 bridgehead atoms. The lowest BCUT2D eigenvalue weighted by Gasteiger charge is -2.35. The molecule has 3 rings (SSSR count). The average molecular weight is 371 g/mol. The van der Waals surface area contributed by atoms with Crippen LogP contribution in [0.4, 0.5) is 5.69 Å². The van der Waals surface area contributed by atoms with Crippen LogP contribution in [0.15, 0.2) is 53.4 Å². The van der Waals surface area contributed by atoms with Crippen molar-refractivity contribution in [2.75, 3.05) is 31.1 Å². The molecule has 0 amide bonds. The first-order chi connectivity index (χ1) is 11.0. The van der Waals surface area contributed by atoms with E-state index in [1.54, 1.807) is 0 Å². The number of benzene rings is 2. The Hall–Kier alpha value is -1.27. The standard InChI is InChI=1S/C16H16Cl2N2O2S/c17-13-10-14(18)12-16(11-13)23(21,22)20-8-6-19(7-9-20)15-4-2-1-3-5-15/h1-5,10-12H,6-9H2.